The maximum Gasteiger partial charge on any atom is 0.252 e. The number of pyridine rings is 1. The summed E-state index contributed by atoms with van der Waals surface area (Å²) in [5, 5.41) is 6.18. The first-order valence-electron chi connectivity index (χ1n) is 8.17. The maximum absolute atomic E-state index is 12.1. The Hall–Kier alpha value is -2.36. The van der Waals surface area contributed by atoms with Crippen molar-refractivity contribution in [1.82, 2.24) is 10.3 Å². The van der Waals surface area contributed by atoms with E-state index in [1.54, 1.807) is 6.20 Å². The van der Waals surface area contributed by atoms with Crippen LogP contribution in [0.15, 0.2) is 48.7 Å². The fourth-order valence-electron chi connectivity index (χ4n) is 2.18. The average molecular weight is 311 g/mol. The first kappa shape index (κ1) is 17.0. The van der Waals surface area contributed by atoms with E-state index in [0.717, 1.165) is 25.2 Å². The fraction of sp³-hybridized carbons (Fsp3) is 0.368. The highest BCUT2D eigenvalue weighted by atomic mass is 16.1. The van der Waals surface area contributed by atoms with Crippen molar-refractivity contribution in [2.24, 2.45) is 5.92 Å². The second-order valence-electron chi connectivity index (χ2n) is 6.05. The van der Waals surface area contributed by atoms with E-state index in [2.05, 4.69) is 41.6 Å². The van der Waals surface area contributed by atoms with E-state index >= 15 is 0 Å². The molecule has 0 spiro atoms. The molecule has 2 rings (SSSR count). The number of anilines is 1. The second-order valence-corrected chi connectivity index (χ2v) is 6.05. The predicted octanol–water partition coefficient (Wildman–Crippen LogP) is 3.51. The number of carbonyl (C=O) groups excluding carboxylic acids is 1. The Morgan fingerprint density at radius 3 is 2.57 bits per heavy atom. The lowest BCUT2D eigenvalue weighted by atomic mass is 10.1. The van der Waals surface area contributed by atoms with Crippen molar-refractivity contribution >= 4 is 11.7 Å². The molecular formula is C19H25N3O. The predicted molar refractivity (Wildman–Crippen MR) is 94.7 cm³/mol. The first-order chi connectivity index (χ1) is 11.1. The molecule has 4 nitrogen and oxygen atoms in total. The van der Waals surface area contributed by atoms with Gasteiger partial charge >= 0.3 is 0 Å². The Balaban J connectivity index is 1.72. The number of hydrogen-bond donors (Lipinski definition) is 2. The normalized spacial score (nSPS) is 10.6. The summed E-state index contributed by atoms with van der Waals surface area (Å²) in [6.45, 7) is 5.83. The van der Waals surface area contributed by atoms with Crippen molar-refractivity contribution in [2.45, 2.75) is 26.7 Å². The van der Waals surface area contributed by atoms with Crippen molar-refractivity contribution in [2.75, 3.05) is 18.4 Å². The van der Waals surface area contributed by atoms with Gasteiger partial charge in [0.05, 0.1) is 5.56 Å². The summed E-state index contributed by atoms with van der Waals surface area (Å²) in [5.74, 6) is 1.30. The largest absolute Gasteiger partial charge is 0.370 e. The van der Waals surface area contributed by atoms with Crippen molar-refractivity contribution < 1.29 is 4.79 Å². The quantitative estimate of drug-likeness (QED) is 0.734. The molecule has 122 valence electrons. The maximum atomic E-state index is 12.1. The summed E-state index contributed by atoms with van der Waals surface area (Å²) in [6, 6.07) is 14.0. The summed E-state index contributed by atoms with van der Waals surface area (Å²) < 4.78 is 0. The minimum Gasteiger partial charge on any atom is -0.370 e. The van der Waals surface area contributed by atoms with Crippen LogP contribution in [0.25, 0.3) is 0 Å². The molecule has 1 amide bonds. The molecule has 4 heteroatoms. The number of amides is 1. The Morgan fingerprint density at radius 1 is 1.13 bits per heavy atom. The third kappa shape index (κ3) is 6.10. The number of aryl methyl sites for hydroxylation is 1. The molecule has 0 saturated heterocycles. The number of nitrogens with zero attached hydrogens (tertiary/aromatic N) is 1. The molecule has 0 aliphatic heterocycles. The van der Waals surface area contributed by atoms with Crippen molar-refractivity contribution in [1.29, 1.82) is 0 Å². The lowest BCUT2D eigenvalue weighted by Crippen LogP contribution is -2.25. The van der Waals surface area contributed by atoms with Crippen LogP contribution >= 0.6 is 0 Å². The highest BCUT2D eigenvalue weighted by Crippen LogP contribution is 2.06. The molecule has 0 bridgehead atoms. The number of benzene rings is 1. The molecule has 2 aromatic rings. The zero-order valence-corrected chi connectivity index (χ0v) is 13.9. The molecule has 2 N–H and O–H groups in total. The van der Waals surface area contributed by atoms with E-state index in [4.69, 9.17) is 0 Å². The van der Waals surface area contributed by atoms with Gasteiger partial charge in [-0.25, -0.2) is 4.98 Å². The topological polar surface area (TPSA) is 54.0 Å². The molecule has 1 heterocycles. The third-order valence-corrected chi connectivity index (χ3v) is 3.49. The van der Waals surface area contributed by atoms with Gasteiger partial charge in [0.1, 0.15) is 5.82 Å². The van der Waals surface area contributed by atoms with Crippen molar-refractivity contribution in [3.63, 3.8) is 0 Å². The number of aromatic nitrogens is 1. The summed E-state index contributed by atoms with van der Waals surface area (Å²) in [7, 11) is 0. The van der Waals surface area contributed by atoms with Crippen LogP contribution in [-0.4, -0.2) is 24.0 Å². The van der Waals surface area contributed by atoms with Crippen LogP contribution in [0.5, 0.6) is 0 Å². The van der Waals surface area contributed by atoms with Crippen LogP contribution in [0.4, 0.5) is 5.82 Å². The van der Waals surface area contributed by atoms with Gasteiger partial charge in [0, 0.05) is 19.3 Å². The smallest absolute Gasteiger partial charge is 0.252 e. The zero-order chi connectivity index (χ0) is 16.5. The van der Waals surface area contributed by atoms with E-state index < -0.39 is 0 Å². The highest BCUT2D eigenvalue weighted by molar-refractivity contribution is 5.94. The Morgan fingerprint density at radius 2 is 1.91 bits per heavy atom. The second kappa shape index (κ2) is 8.93. The average Bonchev–Trinajstić information content (AvgIpc) is 2.58. The van der Waals surface area contributed by atoms with Crippen LogP contribution in [-0.2, 0) is 6.42 Å². The fourth-order valence-corrected chi connectivity index (χ4v) is 2.18. The van der Waals surface area contributed by atoms with E-state index in [1.165, 1.54) is 5.56 Å². The van der Waals surface area contributed by atoms with Crippen LogP contribution in [0.3, 0.4) is 0 Å². The van der Waals surface area contributed by atoms with Gasteiger partial charge in [0.2, 0.25) is 0 Å². The van der Waals surface area contributed by atoms with E-state index in [-0.39, 0.29) is 5.91 Å². The van der Waals surface area contributed by atoms with Gasteiger partial charge in [0.25, 0.3) is 5.91 Å². The Kier molecular flexibility index (Phi) is 6.60. The molecule has 23 heavy (non-hydrogen) atoms. The molecule has 0 fully saturated rings. The summed E-state index contributed by atoms with van der Waals surface area (Å²) >= 11 is 0. The van der Waals surface area contributed by atoms with Crippen LogP contribution < -0.4 is 10.6 Å². The molecule has 1 aromatic heterocycles. The lowest BCUT2D eigenvalue weighted by molar-refractivity contribution is 0.0953. The summed E-state index contributed by atoms with van der Waals surface area (Å²) in [6.07, 6.45) is 3.52. The highest BCUT2D eigenvalue weighted by Gasteiger charge is 2.05. The van der Waals surface area contributed by atoms with Gasteiger partial charge < -0.3 is 10.6 Å². The van der Waals surface area contributed by atoms with Gasteiger partial charge in [-0.15, -0.1) is 0 Å². The van der Waals surface area contributed by atoms with Crippen molar-refractivity contribution in [3.8, 4) is 0 Å². The molecule has 0 aliphatic carbocycles. The number of carbonyl (C=O) groups is 1. The van der Waals surface area contributed by atoms with E-state index in [9.17, 15) is 4.79 Å². The van der Waals surface area contributed by atoms with Gasteiger partial charge in [0.15, 0.2) is 0 Å². The van der Waals surface area contributed by atoms with Crippen LogP contribution in [0.1, 0.15) is 36.2 Å². The molecule has 0 aliphatic rings. The number of nitrogens with one attached hydrogen (secondary N) is 2. The Bertz CT molecular complexity index is 594. The third-order valence-electron chi connectivity index (χ3n) is 3.49. The first-order valence-corrected chi connectivity index (χ1v) is 8.17. The molecule has 0 atom stereocenters. The van der Waals surface area contributed by atoms with Crippen molar-refractivity contribution in [3.05, 3.63) is 59.8 Å². The monoisotopic (exact) mass is 311 g/mol. The standard InChI is InChI=1S/C19H25N3O/c1-15(2)13-21-18-11-10-17(14-22-18)19(23)20-12-6-9-16-7-4-3-5-8-16/h3-5,7-8,10-11,14-15H,6,9,12-13H2,1-2H3,(H,20,23)(H,21,22). The SMILES string of the molecule is CC(C)CNc1ccc(C(=O)NCCCc2ccccc2)cn1. The van der Waals surface area contributed by atoms with Gasteiger partial charge in [-0.05, 0) is 36.5 Å². The lowest BCUT2D eigenvalue weighted by Gasteiger charge is -2.09. The van der Waals surface area contributed by atoms with Crippen LogP contribution in [0, 0.1) is 5.92 Å². The van der Waals surface area contributed by atoms with Gasteiger partial charge in [-0.1, -0.05) is 44.2 Å². The van der Waals surface area contributed by atoms with Gasteiger partial charge in [-0.3, -0.25) is 4.79 Å². The van der Waals surface area contributed by atoms with Crippen LogP contribution in [0.2, 0.25) is 0 Å². The van der Waals surface area contributed by atoms with E-state index in [0.29, 0.717) is 18.0 Å². The minimum atomic E-state index is -0.0685. The molecular weight excluding hydrogens is 286 g/mol. The van der Waals surface area contributed by atoms with E-state index in [1.807, 2.05) is 30.3 Å². The Labute approximate surface area is 138 Å². The molecule has 0 saturated carbocycles. The minimum absolute atomic E-state index is 0.0685. The summed E-state index contributed by atoms with van der Waals surface area (Å²) in [4.78, 5) is 16.3. The number of rotatable bonds is 8. The number of hydrogen-bond acceptors (Lipinski definition) is 3. The van der Waals surface area contributed by atoms with Gasteiger partial charge in [-0.2, -0.15) is 0 Å². The summed E-state index contributed by atoms with van der Waals surface area (Å²) in [5.41, 5.74) is 1.89. The molecule has 1 aromatic carbocycles. The molecule has 0 unspecified atom stereocenters. The zero-order valence-electron chi connectivity index (χ0n) is 13.9. The molecule has 0 radical (unpaired) electrons.